The highest BCUT2D eigenvalue weighted by Crippen LogP contribution is 2.20. The summed E-state index contributed by atoms with van der Waals surface area (Å²) in [4.78, 5) is 68.0. The molecule has 44 heavy (non-hydrogen) atoms. The van der Waals surface area contributed by atoms with Crippen molar-refractivity contribution in [2.75, 3.05) is 31.7 Å². The molecule has 236 valence electrons. The maximum atomic E-state index is 13.8. The Morgan fingerprint density at radius 2 is 1.75 bits per heavy atom. The minimum Gasteiger partial charge on any atom is -0.484 e. The van der Waals surface area contributed by atoms with Crippen molar-refractivity contribution < 1.29 is 28.7 Å². The van der Waals surface area contributed by atoms with Crippen molar-refractivity contribution in [1.82, 2.24) is 26.2 Å². The molecule has 3 aliphatic heterocycles. The molecule has 0 saturated carbocycles. The zero-order valence-electron chi connectivity index (χ0n) is 25.2. The third kappa shape index (κ3) is 9.22. The Kier molecular flexibility index (Phi) is 12.0. The number of amides is 5. The molecule has 11 nitrogen and oxygen atoms in total. The zero-order chi connectivity index (χ0) is 31.5. The SMILES string of the molecule is CSCCCNC(=O)[C@H]1Cc2ccc(cc2)OCC(=O)N[C@H](Cc2ccccc2)C(=O)N2CCC[C@@H]2C(=O)N[C@@H](C)C(=O)N1. The van der Waals surface area contributed by atoms with Gasteiger partial charge in [-0.05, 0) is 61.5 Å². The van der Waals surface area contributed by atoms with Gasteiger partial charge in [0.2, 0.25) is 23.6 Å². The number of rotatable bonds is 7. The van der Waals surface area contributed by atoms with Gasteiger partial charge in [-0.3, -0.25) is 24.0 Å². The first-order chi connectivity index (χ1) is 21.2. The van der Waals surface area contributed by atoms with Crippen LogP contribution in [0.4, 0.5) is 0 Å². The second-order valence-electron chi connectivity index (χ2n) is 11.1. The van der Waals surface area contributed by atoms with Gasteiger partial charge in [0.15, 0.2) is 6.61 Å². The smallest absolute Gasteiger partial charge is 0.258 e. The second-order valence-corrected chi connectivity index (χ2v) is 12.1. The molecule has 5 rings (SSSR count). The van der Waals surface area contributed by atoms with Crippen LogP contribution in [0.25, 0.3) is 0 Å². The van der Waals surface area contributed by atoms with Gasteiger partial charge < -0.3 is 30.9 Å². The lowest BCUT2D eigenvalue weighted by molar-refractivity contribution is -0.142. The van der Waals surface area contributed by atoms with E-state index in [0.29, 0.717) is 31.7 Å². The molecule has 0 aliphatic carbocycles. The minimum absolute atomic E-state index is 0.216. The summed E-state index contributed by atoms with van der Waals surface area (Å²) < 4.78 is 5.70. The van der Waals surface area contributed by atoms with Crippen LogP contribution < -0.4 is 26.0 Å². The van der Waals surface area contributed by atoms with E-state index >= 15 is 0 Å². The van der Waals surface area contributed by atoms with Crippen molar-refractivity contribution in [3.8, 4) is 5.75 Å². The van der Waals surface area contributed by atoms with E-state index in [4.69, 9.17) is 4.74 Å². The molecule has 2 aromatic carbocycles. The summed E-state index contributed by atoms with van der Waals surface area (Å²) in [6.07, 6.45) is 4.28. The molecule has 4 atom stereocenters. The Balaban J connectivity index is 1.57. The summed E-state index contributed by atoms with van der Waals surface area (Å²) in [6, 6.07) is 12.7. The van der Waals surface area contributed by atoms with Gasteiger partial charge in [0.1, 0.15) is 29.9 Å². The lowest BCUT2D eigenvalue weighted by atomic mass is 10.0. The van der Waals surface area contributed by atoms with Gasteiger partial charge in [-0.2, -0.15) is 11.8 Å². The van der Waals surface area contributed by atoms with Crippen LogP contribution in [0, 0.1) is 0 Å². The largest absolute Gasteiger partial charge is 0.484 e. The van der Waals surface area contributed by atoms with E-state index in [2.05, 4.69) is 21.3 Å². The van der Waals surface area contributed by atoms with E-state index in [1.807, 2.05) is 36.6 Å². The third-order valence-corrected chi connectivity index (χ3v) is 8.39. The molecule has 12 heteroatoms. The van der Waals surface area contributed by atoms with Crippen LogP contribution in [0.5, 0.6) is 5.75 Å². The molecule has 5 amide bonds. The predicted octanol–water partition coefficient (Wildman–Crippen LogP) is 1.20. The lowest BCUT2D eigenvalue weighted by Gasteiger charge is -2.29. The second kappa shape index (κ2) is 16.1. The number of nitrogens with zero attached hydrogens (tertiary/aromatic N) is 1. The Hall–Kier alpha value is -4.06. The first kappa shape index (κ1) is 32.8. The number of carbonyl (C=O) groups is 5. The summed E-state index contributed by atoms with van der Waals surface area (Å²) in [5.74, 6) is -0.798. The van der Waals surface area contributed by atoms with Gasteiger partial charge in [0.05, 0.1) is 0 Å². The van der Waals surface area contributed by atoms with E-state index in [0.717, 1.165) is 23.3 Å². The van der Waals surface area contributed by atoms with E-state index in [1.165, 1.54) is 4.90 Å². The quantitative estimate of drug-likeness (QED) is 0.339. The average Bonchev–Trinajstić information content (AvgIpc) is 3.52. The summed E-state index contributed by atoms with van der Waals surface area (Å²) >= 11 is 1.69. The highest BCUT2D eigenvalue weighted by molar-refractivity contribution is 7.98. The fraction of sp³-hybridized carbons (Fsp3) is 0.469. The highest BCUT2D eigenvalue weighted by atomic mass is 32.2. The number of hydrogen-bond acceptors (Lipinski definition) is 7. The van der Waals surface area contributed by atoms with Crippen LogP contribution in [0.15, 0.2) is 54.6 Å². The van der Waals surface area contributed by atoms with Crippen LogP contribution in [0.1, 0.15) is 37.3 Å². The third-order valence-electron chi connectivity index (χ3n) is 7.70. The molecule has 0 spiro atoms. The van der Waals surface area contributed by atoms with E-state index in [1.54, 1.807) is 43.0 Å². The van der Waals surface area contributed by atoms with Crippen LogP contribution in [0.3, 0.4) is 0 Å². The first-order valence-electron chi connectivity index (χ1n) is 15.0. The summed E-state index contributed by atoms with van der Waals surface area (Å²) in [7, 11) is 0. The van der Waals surface area contributed by atoms with Gasteiger partial charge in [-0.15, -0.1) is 0 Å². The Morgan fingerprint density at radius 3 is 2.48 bits per heavy atom. The monoisotopic (exact) mass is 623 g/mol. The van der Waals surface area contributed by atoms with Gasteiger partial charge in [-0.25, -0.2) is 0 Å². The molecule has 1 saturated heterocycles. The fourth-order valence-corrected chi connectivity index (χ4v) is 5.76. The lowest BCUT2D eigenvalue weighted by Crippen LogP contribution is -2.57. The number of benzene rings is 2. The molecule has 2 aromatic rings. The van der Waals surface area contributed by atoms with Crippen molar-refractivity contribution in [2.45, 2.75) is 63.2 Å². The molecular weight excluding hydrogens is 582 g/mol. The molecule has 2 bridgehead atoms. The Labute approximate surface area is 262 Å². The van der Waals surface area contributed by atoms with E-state index in [-0.39, 0.29) is 31.3 Å². The standard InChI is InChI=1S/C32H41N5O6S/c1-21-29(39)36-25(30(40)33-15-7-17-44-2)18-23-11-13-24(14-12-23)43-20-28(38)35-26(19-22-8-4-3-5-9-22)32(42)37-16-6-10-27(37)31(41)34-21/h3-5,8-9,11-14,21,25-27H,6-7,10,15-20H2,1-2H3,(H,33,40)(H,34,41)(H,35,38)(H,36,39)/t21-,25+,26+,27+/m0/s1. The molecule has 0 radical (unpaired) electrons. The predicted molar refractivity (Wildman–Crippen MR) is 168 cm³/mol. The number of carbonyl (C=O) groups excluding carboxylic acids is 5. The van der Waals surface area contributed by atoms with Crippen LogP contribution in [0.2, 0.25) is 0 Å². The maximum Gasteiger partial charge on any atom is 0.258 e. The Morgan fingerprint density at radius 1 is 1.00 bits per heavy atom. The minimum atomic E-state index is -0.954. The van der Waals surface area contributed by atoms with Crippen molar-refractivity contribution in [3.05, 3.63) is 65.7 Å². The highest BCUT2D eigenvalue weighted by Gasteiger charge is 2.38. The fourth-order valence-electron chi connectivity index (χ4n) is 5.33. The number of fused-ring (bicyclic) bond motifs is 13. The molecule has 3 aliphatic rings. The normalized spacial score (nSPS) is 23.3. The molecule has 3 heterocycles. The summed E-state index contributed by atoms with van der Waals surface area (Å²) in [6.45, 7) is 2.06. The van der Waals surface area contributed by atoms with E-state index in [9.17, 15) is 24.0 Å². The number of ether oxygens (including phenoxy) is 1. The van der Waals surface area contributed by atoms with Gasteiger partial charge in [0.25, 0.3) is 5.91 Å². The number of nitrogens with one attached hydrogen (secondary N) is 4. The number of thioether (sulfide) groups is 1. The summed E-state index contributed by atoms with van der Waals surface area (Å²) in [5, 5.41) is 11.2. The summed E-state index contributed by atoms with van der Waals surface area (Å²) in [5.41, 5.74) is 1.63. The van der Waals surface area contributed by atoms with Gasteiger partial charge >= 0.3 is 0 Å². The van der Waals surface area contributed by atoms with Crippen LogP contribution in [-0.4, -0.2) is 90.3 Å². The average molecular weight is 624 g/mol. The molecule has 4 N–H and O–H groups in total. The topological polar surface area (TPSA) is 146 Å². The van der Waals surface area contributed by atoms with Gasteiger partial charge in [-0.1, -0.05) is 42.5 Å². The Bertz CT molecular complexity index is 1310. The van der Waals surface area contributed by atoms with E-state index < -0.39 is 41.9 Å². The van der Waals surface area contributed by atoms with Crippen molar-refractivity contribution in [1.29, 1.82) is 0 Å². The first-order valence-corrected chi connectivity index (χ1v) is 16.4. The zero-order valence-corrected chi connectivity index (χ0v) is 26.0. The van der Waals surface area contributed by atoms with Crippen molar-refractivity contribution >= 4 is 41.3 Å². The molecule has 1 fully saturated rings. The van der Waals surface area contributed by atoms with Crippen molar-refractivity contribution in [3.63, 3.8) is 0 Å². The molecule has 0 unspecified atom stereocenters. The van der Waals surface area contributed by atoms with Crippen molar-refractivity contribution in [2.24, 2.45) is 0 Å². The maximum absolute atomic E-state index is 13.8. The molecular formula is C32H41N5O6S. The van der Waals surface area contributed by atoms with Gasteiger partial charge in [0, 0.05) is 25.9 Å². The van der Waals surface area contributed by atoms with Crippen LogP contribution >= 0.6 is 11.8 Å². The van der Waals surface area contributed by atoms with Crippen LogP contribution in [-0.2, 0) is 36.8 Å². The molecule has 0 aromatic heterocycles. The number of hydrogen-bond donors (Lipinski definition) is 4.